The highest BCUT2D eigenvalue weighted by Crippen LogP contribution is 2.40. The number of aromatic carboxylic acids is 1. The van der Waals surface area contributed by atoms with Gasteiger partial charge in [0.15, 0.2) is 0 Å². The quantitative estimate of drug-likeness (QED) is 0.928. The molecule has 1 aliphatic carbocycles. The van der Waals surface area contributed by atoms with E-state index in [4.69, 9.17) is 9.63 Å². The Morgan fingerprint density at radius 3 is 2.50 bits per heavy atom. The first-order valence-corrected chi connectivity index (χ1v) is 6.76. The highest BCUT2D eigenvalue weighted by atomic mass is 16.5. The molecule has 3 rings (SSSR count). The van der Waals surface area contributed by atoms with Crippen molar-refractivity contribution >= 4 is 5.97 Å². The third kappa shape index (κ3) is 2.19. The van der Waals surface area contributed by atoms with E-state index in [0.29, 0.717) is 11.7 Å². The van der Waals surface area contributed by atoms with Crippen molar-refractivity contribution in [3.05, 3.63) is 35.7 Å². The largest absolute Gasteiger partial charge is 0.478 e. The Morgan fingerprint density at radius 1 is 1.25 bits per heavy atom. The molecule has 1 aliphatic rings. The number of rotatable bonds is 3. The van der Waals surface area contributed by atoms with Crippen LogP contribution >= 0.6 is 0 Å². The Labute approximate surface area is 116 Å². The number of carboxylic acid groups (broad SMARTS) is 1. The second-order valence-corrected chi connectivity index (χ2v) is 5.57. The Balaban J connectivity index is 1.88. The average Bonchev–Trinajstić information content (AvgIpc) is 3.08. The molecule has 1 N–H and O–H groups in total. The van der Waals surface area contributed by atoms with Crippen molar-refractivity contribution in [1.29, 1.82) is 0 Å². The number of hydrogen-bond donors (Lipinski definition) is 1. The van der Waals surface area contributed by atoms with Crippen molar-refractivity contribution in [1.82, 2.24) is 10.1 Å². The molecule has 5 heteroatoms. The van der Waals surface area contributed by atoms with Gasteiger partial charge in [-0.1, -0.05) is 37.1 Å². The molecule has 0 amide bonds. The molecular weight excluding hydrogens is 256 g/mol. The highest BCUT2D eigenvalue weighted by Gasteiger charge is 2.36. The third-order valence-corrected chi connectivity index (χ3v) is 4.04. The second-order valence-electron chi connectivity index (χ2n) is 5.57. The van der Waals surface area contributed by atoms with Gasteiger partial charge in [0.25, 0.3) is 0 Å². The second kappa shape index (κ2) is 4.74. The number of carboxylic acids is 1. The van der Waals surface area contributed by atoms with Crippen molar-refractivity contribution < 1.29 is 14.4 Å². The fourth-order valence-electron chi connectivity index (χ4n) is 2.72. The van der Waals surface area contributed by atoms with E-state index in [-0.39, 0.29) is 11.0 Å². The first-order valence-electron chi connectivity index (χ1n) is 6.76. The van der Waals surface area contributed by atoms with Gasteiger partial charge < -0.3 is 9.63 Å². The number of aromatic nitrogens is 2. The van der Waals surface area contributed by atoms with Gasteiger partial charge in [0, 0.05) is 11.0 Å². The van der Waals surface area contributed by atoms with Crippen LogP contribution in [0, 0.1) is 0 Å². The lowest BCUT2D eigenvalue weighted by Crippen LogP contribution is -2.17. The van der Waals surface area contributed by atoms with E-state index in [9.17, 15) is 4.79 Å². The fourth-order valence-corrected chi connectivity index (χ4v) is 2.72. The van der Waals surface area contributed by atoms with Crippen molar-refractivity contribution in [2.45, 2.75) is 38.0 Å². The summed E-state index contributed by atoms with van der Waals surface area (Å²) in [7, 11) is 0. The van der Waals surface area contributed by atoms with Gasteiger partial charge in [-0.05, 0) is 25.0 Å². The smallest absolute Gasteiger partial charge is 0.335 e. The van der Waals surface area contributed by atoms with Gasteiger partial charge in [0.1, 0.15) is 0 Å². The van der Waals surface area contributed by atoms with Crippen LogP contribution in [0.1, 0.15) is 48.9 Å². The lowest BCUT2D eigenvalue weighted by molar-refractivity contribution is 0.0697. The predicted octanol–water partition coefficient (Wildman–Crippen LogP) is 3.27. The van der Waals surface area contributed by atoms with Gasteiger partial charge in [-0.3, -0.25) is 0 Å². The van der Waals surface area contributed by atoms with Crippen LogP contribution in [0.3, 0.4) is 0 Å². The molecule has 1 saturated carbocycles. The molecule has 0 radical (unpaired) electrons. The lowest BCUT2D eigenvalue weighted by atomic mass is 9.89. The average molecular weight is 272 g/mol. The van der Waals surface area contributed by atoms with Crippen LogP contribution in [0.15, 0.2) is 28.8 Å². The summed E-state index contributed by atoms with van der Waals surface area (Å²) in [6.07, 6.45) is 4.54. The molecule has 2 aromatic rings. The minimum atomic E-state index is -0.941. The van der Waals surface area contributed by atoms with E-state index in [1.165, 1.54) is 12.8 Å². The van der Waals surface area contributed by atoms with Crippen LogP contribution < -0.4 is 0 Å². The molecule has 0 spiro atoms. The Bertz CT molecular complexity index is 625. The summed E-state index contributed by atoms with van der Waals surface area (Å²) in [4.78, 5) is 15.3. The molecule has 0 atom stereocenters. The zero-order valence-corrected chi connectivity index (χ0v) is 11.3. The summed E-state index contributed by atoms with van der Waals surface area (Å²) >= 11 is 0. The monoisotopic (exact) mass is 272 g/mol. The lowest BCUT2D eigenvalue weighted by Gasteiger charge is -2.16. The summed E-state index contributed by atoms with van der Waals surface area (Å²) < 4.78 is 5.41. The number of benzene rings is 1. The maximum atomic E-state index is 10.8. The third-order valence-electron chi connectivity index (χ3n) is 4.04. The topological polar surface area (TPSA) is 76.2 Å². The molecule has 0 unspecified atom stereocenters. The maximum absolute atomic E-state index is 10.8. The van der Waals surface area contributed by atoms with Crippen molar-refractivity contribution in [3.63, 3.8) is 0 Å². The van der Waals surface area contributed by atoms with E-state index in [2.05, 4.69) is 17.1 Å². The van der Waals surface area contributed by atoms with Gasteiger partial charge in [-0.15, -0.1) is 0 Å². The van der Waals surface area contributed by atoms with E-state index in [1.54, 1.807) is 24.3 Å². The summed E-state index contributed by atoms with van der Waals surface area (Å²) in [6.45, 7) is 2.16. The van der Waals surface area contributed by atoms with Crippen LogP contribution in [-0.4, -0.2) is 21.2 Å². The minimum absolute atomic E-state index is 0.00768. The summed E-state index contributed by atoms with van der Waals surface area (Å²) in [5, 5.41) is 12.9. The fraction of sp³-hybridized carbons (Fsp3) is 0.400. The Hall–Kier alpha value is -2.17. The van der Waals surface area contributed by atoms with Crippen LogP contribution in [0.5, 0.6) is 0 Å². The minimum Gasteiger partial charge on any atom is -0.478 e. The van der Waals surface area contributed by atoms with Crippen LogP contribution in [0.4, 0.5) is 0 Å². The molecular formula is C15H16N2O3. The molecule has 0 aliphatic heterocycles. The molecule has 1 aromatic heterocycles. The zero-order valence-electron chi connectivity index (χ0n) is 11.3. The normalized spacial score (nSPS) is 17.2. The van der Waals surface area contributed by atoms with Gasteiger partial charge in [0.05, 0.1) is 5.56 Å². The number of nitrogens with zero attached hydrogens (tertiary/aromatic N) is 2. The SMILES string of the molecule is CC1(c2nc(-c3ccc(C(=O)O)cc3)no2)CCCC1. The van der Waals surface area contributed by atoms with Crippen molar-refractivity contribution in [2.24, 2.45) is 0 Å². The molecule has 20 heavy (non-hydrogen) atoms. The Kier molecular flexibility index (Phi) is 3.04. The van der Waals surface area contributed by atoms with Crippen LogP contribution in [-0.2, 0) is 5.41 Å². The molecule has 0 saturated heterocycles. The van der Waals surface area contributed by atoms with Gasteiger partial charge in [0.2, 0.25) is 11.7 Å². The van der Waals surface area contributed by atoms with Crippen LogP contribution in [0.2, 0.25) is 0 Å². The van der Waals surface area contributed by atoms with Crippen molar-refractivity contribution in [3.8, 4) is 11.4 Å². The molecule has 5 nitrogen and oxygen atoms in total. The summed E-state index contributed by atoms with van der Waals surface area (Å²) in [5.41, 5.74) is 1.01. The zero-order chi connectivity index (χ0) is 14.2. The van der Waals surface area contributed by atoms with E-state index in [1.807, 2.05) is 0 Å². The molecule has 1 aromatic carbocycles. The van der Waals surface area contributed by atoms with Gasteiger partial charge in [-0.2, -0.15) is 4.98 Å². The first kappa shape index (κ1) is 12.8. The molecule has 104 valence electrons. The molecule has 0 bridgehead atoms. The van der Waals surface area contributed by atoms with E-state index < -0.39 is 5.97 Å². The predicted molar refractivity (Wildman–Crippen MR) is 72.5 cm³/mol. The maximum Gasteiger partial charge on any atom is 0.335 e. The number of hydrogen-bond acceptors (Lipinski definition) is 4. The Morgan fingerprint density at radius 2 is 1.90 bits per heavy atom. The number of carbonyl (C=O) groups is 1. The molecule has 1 heterocycles. The first-order chi connectivity index (χ1) is 9.58. The molecule has 1 fully saturated rings. The van der Waals surface area contributed by atoms with Gasteiger partial charge in [-0.25, -0.2) is 4.79 Å². The summed E-state index contributed by atoms with van der Waals surface area (Å²) in [5.74, 6) is 0.265. The standard InChI is InChI=1S/C15H16N2O3/c1-15(8-2-3-9-15)14-16-12(17-20-14)10-4-6-11(7-5-10)13(18)19/h4-7H,2-3,8-9H2,1H3,(H,18,19). The highest BCUT2D eigenvalue weighted by molar-refractivity contribution is 5.88. The van der Waals surface area contributed by atoms with Crippen LogP contribution in [0.25, 0.3) is 11.4 Å². The van der Waals surface area contributed by atoms with Gasteiger partial charge >= 0.3 is 5.97 Å². The summed E-state index contributed by atoms with van der Waals surface area (Å²) in [6, 6.07) is 6.50. The van der Waals surface area contributed by atoms with E-state index >= 15 is 0 Å². The van der Waals surface area contributed by atoms with Crippen molar-refractivity contribution in [2.75, 3.05) is 0 Å². The van der Waals surface area contributed by atoms with E-state index in [0.717, 1.165) is 18.4 Å².